The molecule has 0 bridgehead atoms. The van der Waals surface area contributed by atoms with Gasteiger partial charge in [0, 0.05) is 12.7 Å². The van der Waals surface area contributed by atoms with Crippen LogP contribution < -0.4 is 9.47 Å². The number of aryl methyl sites for hydroxylation is 1. The van der Waals surface area contributed by atoms with Crippen molar-refractivity contribution in [2.45, 2.75) is 33.3 Å². The monoisotopic (exact) mass is 402 g/mol. The molecule has 0 aliphatic heterocycles. The van der Waals surface area contributed by atoms with E-state index in [2.05, 4.69) is 0 Å². The van der Waals surface area contributed by atoms with E-state index < -0.39 is 5.97 Å². The number of benzene rings is 2. The van der Waals surface area contributed by atoms with Crippen molar-refractivity contribution in [2.75, 3.05) is 14.2 Å². The predicted octanol–water partition coefficient (Wildman–Crippen LogP) is 4.75. The molecule has 7 heteroatoms. The van der Waals surface area contributed by atoms with Gasteiger partial charge in [-0.15, -0.1) is 0 Å². The Morgan fingerprint density at radius 1 is 1.17 bits per heavy atom. The van der Waals surface area contributed by atoms with Gasteiger partial charge in [0.25, 0.3) is 0 Å². The van der Waals surface area contributed by atoms with E-state index in [1.54, 1.807) is 20.1 Å². The van der Waals surface area contributed by atoms with E-state index >= 15 is 0 Å². The highest BCUT2D eigenvalue weighted by Gasteiger charge is 2.27. The molecule has 0 saturated carbocycles. The van der Waals surface area contributed by atoms with Crippen molar-refractivity contribution < 1.29 is 34.0 Å². The second kappa shape index (κ2) is 9.43. The molecule has 29 heavy (non-hydrogen) atoms. The number of carbonyl (C=O) groups excluding carboxylic acids is 1. The molecule has 0 fully saturated rings. The summed E-state index contributed by atoms with van der Waals surface area (Å²) < 4.78 is 16.7. The summed E-state index contributed by atoms with van der Waals surface area (Å²) in [5.74, 6) is -1.28. The van der Waals surface area contributed by atoms with Crippen LogP contribution in [-0.2, 0) is 4.74 Å². The summed E-state index contributed by atoms with van der Waals surface area (Å²) in [5.41, 5.74) is 1.14. The molecule has 0 amide bonds. The van der Waals surface area contributed by atoms with Crippen molar-refractivity contribution in [1.29, 1.82) is 0 Å². The van der Waals surface area contributed by atoms with Crippen LogP contribution in [0.1, 0.15) is 58.2 Å². The largest absolute Gasteiger partial charge is 0.504 e. The third kappa shape index (κ3) is 4.86. The molecule has 0 heterocycles. The van der Waals surface area contributed by atoms with Crippen LogP contribution >= 0.6 is 0 Å². The Morgan fingerprint density at radius 3 is 2.38 bits per heavy atom. The van der Waals surface area contributed by atoms with Gasteiger partial charge in [0.1, 0.15) is 17.1 Å². The zero-order valence-corrected chi connectivity index (χ0v) is 17.2. The van der Waals surface area contributed by atoms with Gasteiger partial charge in [0.15, 0.2) is 17.8 Å². The minimum atomic E-state index is -1.27. The molecule has 2 rings (SSSR count). The van der Waals surface area contributed by atoms with Gasteiger partial charge in [-0.3, -0.25) is 4.79 Å². The number of aldehydes is 1. The minimum Gasteiger partial charge on any atom is -0.504 e. The molecule has 156 valence electrons. The summed E-state index contributed by atoms with van der Waals surface area (Å²) in [6.45, 7) is 5.79. The van der Waals surface area contributed by atoms with Crippen molar-refractivity contribution in [3.8, 4) is 23.0 Å². The smallest absolute Gasteiger partial charge is 0.343 e. The molecule has 0 radical (unpaired) electrons. The zero-order valence-electron chi connectivity index (χ0n) is 17.2. The van der Waals surface area contributed by atoms with Gasteiger partial charge < -0.3 is 24.4 Å². The van der Waals surface area contributed by atoms with Crippen LogP contribution in [0.15, 0.2) is 24.3 Å². The summed E-state index contributed by atoms with van der Waals surface area (Å²) in [4.78, 5) is 23.4. The number of carbonyl (C=O) groups is 2. The van der Waals surface area contributed by atoms with E-state index in [9.17, 15) is 19.8 Å². The van der Waals surface area contributed by atoms with Crippen LogP contribution in [0.2, 0.25) is 0 Å². The first-order chi connectivity index (χ1) is 13.7. The molecular formula is C22H26O7. The lowest BCUT2D eigenvalue weighted by Gasteiger charge is -2.23. The van der Waals surface area contributed by atoms with Crippen LogP contribution in [0.3, 0.4) is 0 Å². The molecule has 2 aromatic carbocycles. The van der Waals surface area contributed by atoms with Crippen LogP contribution in [0.4, 0.5) is 0 Å². The lowest BCUT2D eigenvalue weighted by Crippen LogP contribution is -2.11. The molecule has 0 aliphatic rings. The van der Waals surface area contributed by atoms with Gasteiger partial charge in [-0.05, 0) is 49.1 Å². The summed E-state index contributed by atoms with van der Waals surface area (Å²) in [6.07, 6.45) is 0.841. The van der Waals surface area contributed by atoms with Crippen molar-refractivity contribution in [2.24, 2.45) is 5.92 Å². The Kier molecular flexibility index (Phi) is 7.23. The van der Waals surface area contributed by atoms with Gasteiger partial charge >= 0.3 is 5.97 Å². The van der Waals surface area contributed by atoms with Crippen molar-refractivity contribution in [1.82, 2.24) is 0 Å². The number of carboxylic acid groups (broad SMARTS) is 1. The van der Waals surface area contributed by atoms with Gasteiger partial charge in [-0.2, -0.15) is 0 Å². The fourth-order valence-electron chi connectivity index (χ4n) is 3.21. The van der Waals surface area contributed by atoms with E-state index in [1.807, 2.05) is 13.8 Å². The van der Waals surface area contributed by atoms with Crippen LogP contribution in [0.25, 0.3) is 0 Å². The number of rotatable bonds is 9. The maximum Gasteiger partial charge on any atom is 0.343 e. The molecule has 1 atom stereocenters. The fourth-order valence-corrected chi connectivity index (χ4v) is 3.21. The second-order valence-corrected chi connectivity index (χ2v) is 7.14. The highest BCUT2D eigenvalue weighted by atomic mass is 16.5. The first kappa shape index (κ1) is 22.2. The lowest BCUT2D eigenvalue weighted by molar-refractivity contribution is 0.0684. The molecule has 2 aromatic rings. The van der Waals surface area contributed by atoms with Crippen molar-refractivity contribution in [3.05, 3.63) is 46.5 Å². The van der Waals surface area contributed by atoms with Gasteiger partial charge in [-0.1, -0.05) is 13.8 Å². The maximum absolute atomic E-state index is 12.0. The molecule has 0 spiro atoms. The number of methoxy groups -OCH3 is 2. The Bertz CT molecular complexity index is 903. The number of phenolic OH excluding ortho intramolecular Hbond substituents is 1. The third-order valence-electron chi connectivity index (χ3n) is 4.47. The highest BCUT2D eigenvalue weighted by molar-refractivity contribution is 5.95. The maximum atomic E-state index is 12.0. The number of hydrogen-bond donors (Lipinski definition) is 2. The fraction of sp³-hybridized carbons (Fsp3) is 0.364. The average molecular weight is 402 g/mol. The van der Waals surface area contributed by atoms with E-state index in [1.165, 1.54) is 25.3 Å². The van der Waals surface area contributed by atoms with Crippen LogP contribution in [-0.4, -0.2) is 36.7 Å². The molecule has 0 aromatic heterocycles. The zero-order chi connectivity index (χ0) is 21.7. The van der Waals surface area contributed by atoms with Gasteiger partial charge in [0.2, 0.25) is 0 Å². The quantitative estimate of drug-likeness (QED) is 0.584. The molecule has 0 unspecified atom stereocenters. The average Bonchev–Trinajstić information content (AvgIpc) is 2.66. The van der Waals surface area contributed by atoms with E-state index in [-0.39, 0.29) is 40.2 Å². The number of aromatic carboxylic acids is 1. The predicted molar refractivity (Wildman–Crippen MR) is 107 cm³/mol. The van der Waals surface area contributed by atoms with Gasteiger partial charge in [0.05, 0.1) is 18.8 Å². The Labute approximate surface area is 169 Å². The van der Waals surface area contributed by atoms with E-state index in [4.69, 9.17) is 14.2 Å². The van der Waals surface area contributed by atoms with E-state index in [0.717, 1.165) is 0 Å². The summed E-state index contributed by atoms with van der Waals surface area (Å²) in [6, 6.07) is 6.11. The standard InChI is InChI=1S/C22H26O7/c1-12(2)8-18(27-4)15-6-7-17(19(22(25)26)21(15)28-5)29-20-14(11-23)9-13(3)10-16(20)24/h6-7,9-12,18,24H,8H2,1-5H3,(H,25,26)/t18-/m0/s1. The van der Waals surface area contributed by atoms with Crippen molar-refractivity contribution in [3.63, 3.8) is 0 Å². The topological polar surface area (TPSA) is 102 Å². The number of ether oxygens (including phenoxy) is 3. The first-order valence-electron chi connectivity index (χ1n) is 9.17. The Balaban J connectivity index is 2.63. The lowest BCUT2D eigenvalue weighted by atomic mass is 9.96. The summed E-state index contributed by atoms with van der Waals surface area (Å²) in [7, 11) is 2.93. The molecular weight excluding hydrogens is 376 g/mol. The Morgan fingerprint density at radius 2 is 1.86 bits per heavy atom. The normalized spacial score (nSPS) is 11.9. The SMILES string of the molecule is COc1c([C@H](CC(C)C)OC)ccc(Oc2c(O)cc(C)cc2C=O)c1C(=O)O. The highest BCUT2D eigenvalue weighted by Crippen LogP contribution is 2.42. The van der Waals surface area contributed by atoms with Crippen molar-refractivity contribution >= 4 is 12.3 Å². The molecule has 2 N–H and O–H groups in total. The number of hydrogen-bond acceptors (Lipinski definition) is 6. The Hall–Kier alpha value is -3.06. The third-order valence-corrected chi connectivity index (χ3v) is 4.47. The van der Waals surface area contributed by atoms with E-state index in [0.29, 0.717) is 29.8 Å². The second-order valence-electron chi connectivity index (χ2n) is 7.14. The number of aromatic hydroxyl groups is 1. The molecule has 0 aliphatic carbocycles. The number of carboxylic acids is 1. The summed E-state index contributed by atoms with van der Waals surface area (Å²) in [5, 5.41) is 20.0. The number of phenols is 1. The van der Waals surface area contributed by atoms with Crippen LogP contribution in [0, 0.1) is 12.8 Å². The van der Waals surface area contributed by atoms with Crippen LogP contribution in [0.5, 0.6) is 23.0 Å². The van der Waals surface area contributed by atoms with Gasteiger partial charge in [-0.25, -0.2) is 4.79 Å². The first-order valence-corrected chi connectivity index (χ1v) is 9.17. The molecule has 7 nitrogen and oxygen atoms in total. The minimum absolute atomic E-state index is 0.0558. The molecule has 0 saturated heterocycles. The summed E-state index contributed by atoms with van der Waals surface area (Å²) >= 11 is 0.